The number of likely N-dealkylation sites (tertiary alicyclic amines) is 1. The highest BCUT2D eigenvalue weighted by molar-refractivity contribution is 5.79. The van der Waals surface area contributed by atoms with Gasteiger partial charge in [0.05, 0.1) is 12.6 Å². The number of amides is 1. The zero-order valence-corrected chi connectivity index (χ0v) is 17.2. The van der Waals surface area contributed by atoms with Gasteiger partial charge in [-0.2, -0.15) is 0 Å². The number of hydrogen-bond acceptors (Lipinski definition) is 5. The summed E-state index contributed by atoms with van der Waals surface area (Å²) < 4.78 is 0. The maximum Gasteiger partial charge on any atom is 0.237 e. The Kier molecular flexibility index (Phi) is 5.06. The van der Waals surface area contributed by atoms with Gasteiger partial charge in [0.15, 0.2) is 0 Å². The van der Waals surface area contributed by atoms with Crippen LogP contribution in [0.4, 0.5) is 5.82 Å². The number of carbonyl (C=O) groups excluding carboxylic acids is 1. The molecule has 6 nitrogen and oxygen atoms in total. The Morgan fingerprint density at radius 2 is 1.93 bits per heavy atom. The summed E-state index contributed by atoms with van der Waals surface area (Å²) in [4.78, 5) is 28.2. The highest BCUT2D eigenvalue weighted by Crippen LogP contribution is 2.46. The molecule has 0 unspecified atom stereocenters. The van der Waals surface area contributed by atoms with Crippen molar-refractivity contribution in [3.8, 4) is 0 Å². The molecule has 1 aromatic heterocycles. The van der Waals surface area contributed by atoms with E-state index in [2.05, 4.69) is 57.0 Å². The van der Waals surface area contributed by atoms with Crippen LogP contribution in [-0.4, -0.2) is 65.9 Å². The summed E-state index contributed by atoms with van der Waals surface area (Å²) in [5, 5.41) is 0. The Morgan fingerprint density at radius 3 is 2.64 bits per heavy atom. The van der Waals surface area contributed by atoms with E-state index < -0.39 is 0 Å². The van der Waals surface area contributed by atoms with E-state index in [0.717, 1.165) is 31.1 Å². The van der Waals surface area contributed by atoms with Gasteiger partial charge in [0.25, 0.3) is 0 Å². The molecule has 2 aliphatic heterocycles. The molecule has 2 fully saturated rings. The van der Waals surface area contributed by atoms with Crippen LogP contribution in [0.25, 0.3) is 0 Å². The maximum absolute atomic E-state index is 13.0. The van der Waals surface area contributed by atoms with Crippen LogP contribution in [0.2, 0.25) is 0 Å². The SMILES string of the molecule is Cc1cc(N2C[C@@H]3CN(C(=O)CN(C)C)[C@@H](c4ccccc4C)[C@@H]3C2)ncn1. The number of likely N-dealkylation sites (N-methyl/N-ethyl adjacent to an activating group) is 1. The van der Waals surface area contributed by atoms with E-state index in [1.54, 1.807) is 6.33 Å². The van der Waals surface area contributed by atoms with Crippen LogP contribution < -0.4 is 4.90 Å². The molecule has 0 saturated carbocycles. The largest absolute Gasteiger partial charge is 0.356 e. The second-order valence-electron chi connectivity index (χ2n) is 8.43. The number of benzene rings is 1. The van der Waals surface area contributed by atoms with Crippen LogP contribution in [0.5, 0.6) is 0 Å². The summed E-state index contributed by atoms with van der Waals surface area (Å²) in [5.74, 6) is 2.10. The summed E-state index contributed by atoms with van der Waals surface area (Å²) in [5.41, 5.74) is 3.52. The zero-order chi connectivity index (χ0) is 19.8. The van der Waals surface area contributed by atoms with Crippen LogP contribution >= 0.6 is 0 Å². The molecule has 0 N–H and O–H groups in total. The van der Waals surface area contributed by atoms with E-state index in [1.807, 2.05) is 25.9 Å². The molecule has 4 rings (SSSR count). The molecule has 148 valence electrons. The molecular weight excluding hydrogens is 350 g/mol. The van der Waals surface area contributed by atoms with Crippen molar-refractivity contribution in [2.24, 2.45) is 11.8 Å². The quantitative estimate of drug-likeness (QED) is 0.816. The van der Waals surface area contributed by atoms with Gasteiger partial charge in [-0.05, 0) is 39.1 Å². The fourth-order valence-electron chi connectivity index (χ4n) is 4.78. The van der Waals surface area contributed by atoms with Crippen molar-refractivity contribution < 1.29 is 4.79 Å². The second kappa shape index (κ2) is 7.51. The van der Waals surface area contributed by atoms with Crippen LogP contribution in [0.1, 0.15) is 22.9 Å². The smallest absolute Gasteiger partial charge is 0.237 e. The highest BCUT2D eigenvalue weighted by Gasteiger charge is 2.49. The van der Waals surface area contributed by atoms with E-state index in [4.69, 9.17) is 0 Å². The molecule has 2 aliphatic rings. The van der Waals surface area contributed by atoms with E-state index in [9.17, 15) is 4.79 Å². The predicted molar refractivity (Wildman–Crippen MR) is 110 cm³/mol. The fourth-order valence-corrected chi connectivity index (χ4v) is 4.78. The van der Waals surface area contributed by atoms with E-state index in [1.165, 1.54) is 11.1 Å². The minimum absolute atomic E-state index is 0.131. The normalized spacial score (nSPS) is 24.1. The average molecular weight is 380 g/mol. The van der Waals surface area contributed by atoms with Crippen molar-refractivity contribution >= 4 is 11.7 Å². The van der Waals surface area contributed by atoms with Gasteiger partial charge in [-0.3, -0.25) is 4.79 Å². The third-order valence-electron chi connectivity index (χ3n) is 6.06. The Morgan fingerprint density at radius 1 is 1.14 bits per heavy atom. The predicted octanol–water partition coefficient (Wildman–Crippen LogP) is 2.29. The molecule has 1 amide bonds. The molecule has 1 aromatic carbocycles. The van der Waals surface area contributed by atoms with Crippen molar-refractivity contribution in [2.75, 3.05) is 45.2 Å². The minimum Gasteiger partial charge on any atom is -0.356 e. The van der Waals surface area contributed by atoms with Crippen molar-refractivity contribution in [1.29, 1.82) is 0 Å². The lowest BCUT2D eigenvalue weighted by molar-refractivity contribution is -0.133. The monoisotopic (exact) mass is 379 g/mol. The zero-order valence-electron chi connectivity index (χ0n) is 17.2. The molecule has 3 heterocycles. The molecule has 0 spiro atoms. The van der Waals surface area contributed by atoms with Gasteiger partial charge < -0.3 is 14.7 Å². The van der Waals surface area contributed by atoms with Gasteiger partial charge in [-0.15, -0.1) is 0 Å². The van der Waals surface area contributed by atoms with Crippen LogP contribution in [0.3, 0.4) is 0 Å². The Hall–Kier alpha value is -2.47. The van der Waals surface area contributed by atoms with E-state index >= 15 is 0 Å². The van der Waals surface area contributed by atoms with Crippen molar-refractivity contribution in [1.82, 2.24) is 19.8 Å². The lowest BCUT2D eigenvalue weighted by Gasteiger charge is -2.32. The van der Waals surface area contributed by atoms with Crippen LogP contribution in [0, 0.1) is 25.7 Å². The molecule has 0 radical (unpaired) electrons. The number of nitrogens with zero attached hydrogens (tertiary/aromatic N) is 5. The molecule has 2 aromatic rings. The van der Waals surface area contributed by atoms with Gasteiger partial charge >= 0.3 is 0 Å². The fraction of sp³-hybridized carbons (Fsp3) is 0.500. The van der Waals surface area contributed by atoms with Gasteiger partial charge in [-0.25, -0.2) is 9.97 Å². The molecule has 0 aliphatic carbocycles. The molecule has 3 atom stereocenters. The van der Waals surface area contributed by atoms with Crippen LogP contribution in [-0.2, 0) is 4.79 Å². The second-order valence-corrected chi connectivity index (χ2v) is 8.43. The number of fused-ring (bicyclic) bond motifs is 1. The molecule has 6 heteroatoms. The van der Waals surface area contributed by atoms with Crippen molar-refractivity contribution in [3.63, 3.8) is 0 Å². The van der Waals surface area contributed by atoms with Gasteiger partial charge in [0.2, 0.25) is 5.91 Å². The summed E-state index contributed by atoms with van der Waals surface area (Å²) in [6.07, 6.45) is 1.64. The first-order valence-electron chi connectivity index (χ1n) is 9.97. The van der Waals surface area contributed by atoms with Gasteiger partial charge in [0, 0.05) is 43.2 Å². The first-order chi connectivity index (χ1) is 13.4. The standard InChI is InChI=1S/C22H29N5O/c1-15-7-5-6-8-18(15)22-19-12-26(20-9-16(2)23-14-24-20)10-17(19)11-27(22)21(28)13-25(3)4/h5-9,14,17,19,22H,10-13H2,1-4H3/t17-,19-,22+/m1/s1. The topological polar surface area (TPSA) is 52.6 Å². The summed E-state index contributed by atoms with van der Waals surface area (Å²) >= 11 is 0. The lowest BCUT2D eigenvalue weighted by Crippen LogP contribution is -2.40. The number of hydrogen-bond donors (Lipinski definition) is 0. The minimum atomic E-state index is 0.131. The van der Waals surface area contributed by atoms with Crippen LogP contribution in [0.15, 0.2) is 36.7 Å². The van der Waals surface area contributed by atoms with E-state index in [0.29, 0.717) is 18.4 Å². The number of aromatic nitrogens is 2. The molecular formula is C22H29N5O. The Bertz CT molecular complexity index is 868. The van der Waals surface area contributed by atoms with Gasteiger partial charge in [0.1, 0.15) is 12.1 Å². The van der Waals surface area contributed by atoms with Crippen molar-refractivity contribution in [3.05, 3.63) is 53.5 Å². The first kappa shape index (κ1) is 18.9. The number of anilines is 1. The lowest BCUT2D eigenvalue weighted by atomic mass is 9.87. The van der Waals surface area contributed by atoms with Crippen molar-refractivity contribution in [2.45, 2.75) is 19.9 Å². The average Bonchev–Trinajstić information content (AvgIpc) is 3.20. The molecule has 28 heavy (non-hydrogen) atoms. The third kappa shape index (κ3) is 3.49. The Balaban J connectivity index is 1.64. The number of aryl methyl sites for hydroxylation is 2. The van der Waals surface area contributed by atoms with E-state index in [-0.39, 0.29) is 11.9 Å². The summed E-state index contributed by atoms with van der Waals surface area (Å²) in [7, 11) is 3.91. The Labute approximate surface area is 167 Å². The molecule has 2 saturated heterocycles. The number of carbonyl (C=O) groups is 1. The summed E-state index contributed by atoms with van der Waals surface area (Å²) in [6, 6.07) is 10.7. The molecule has 0 bridgehead atoms. The maximum atomic E-state index is 13.0. The summed E-state index contributed by atoms with van der Waals surface area (Å²) in [6.45, 7) is 7.28. The third-order valence-corrected chi connectivity index (χ3v) is 6.06. The van der Waals surface area contributed by atoms with Gasteiger partial charge in [-0.1, -0.05) is 24.3 Å². The highest BCUT2D eigenvalue weighted by atomic mass is 16.2. The first-order valence-corrected chi connectivity index (χ1v) is 9.97. The number of rotatable bonds is 4.